The van der Waals surface area contributed by atoms with E-state index in [1.807, 2.05) is 0 Å². The summed E-state index contributed by atoms with van der Waals surface area (Å²) in [5.74, 6) is -0.740. The second kappa shape index (κ2) is 5.36. The number of hydrogen-bond acceptors (Lipinski definition) is 3. The molecule has 0 radical (unpaired) electrons. The molecule has 0 bridgehead atoms. The van der Waals surface area contributed by atoms with Crippen molar-refractivity contribution in [3.8, 4) is 0 Å². The highest BCUT2D eigenvalue weighted by Crippen LogP contribution is 2.33. The molecule has 98 valence electrons. The first-order valence-electron chi connectivity index (χ1n) is 6.73. The Bertz CT molecular complexity index is 276. The molecule has 2 saturated carbocycles. The SMILES string of the molecule is COC1CCCCC1(NC1CCCC1)C(=O)O. The van der Waals surface area contributed by atoms with Gasteiger partial charge in [0.05, 0.1) is 6.10 Å². The Morgan fingerprint density at radius 1 is 1.24 bits per heavy atom. The van der Waals surface area contributed by atoms with Crippen molar-refractivity contribution in [1.82, 2.24) is 5.32 Å². The fourth-order valence-corrected chi connectivity index (χ4v) is 3.37. The van der Waals surface area contributed by atoms with Crippen LogP contribution in [-0.4, -0.2) is 35.9 Å². The highest BCUT2D eigenvalue weighted by molar-refractivity contribution is 5.80. The summed E-state index contributed by atoms with van der Waals surface area (Å²) in [5.41, 5.74) is -0.845. The number of hydrogen-bond donors (Lipinski definition) is 2. The van der Waals surface area contributed by atoms with Crippen molar-refractivity contribution in [2.75, 3.05) is 7.11 Å². The zero-order valence-corrected chi connectivity index (χ0v) is 10.6. The molecule has 2 fully saturated rings. The minimum absolute atomic E-state index is 0.186. The van der Waals surface area contributed by atoms with E-state index in [1.54, 1.807) is 7.11 Å². The quantitative estimate of drug-likeness (QED) is 0.789. The maximum atomic E-state index is 11.7. The van der Waals surface area contributed by atoms with E-state index in [-0.39, 0.29) is 6.10 Å². The maximum absolute atomic E-state index is 11.7. The largest absolute Gasteiger partial charge is 0.480 e. The monoisotopic (exact) mass is 241 g/mol. The van der Waals surface area contributed by atoms with Crippen LogP contribution in [0.4, 0.5) is 0 Å². The van der Waals surface area contributed by atoms with Crippen LogP contribution in [0.3, 0.4) is 0 Å². The summed E-state index contributed by atoms with van der Waals surface area (Å²) in [4.78, 5) is 11.7. The van der Waals surface area contributed by atoms with Crippen molar-refractivity contribution in [2.45, 2.75) is 69.1 Å². The highest BCUT2D eigenvalue weighted by Gasteiger charge is 2.49. The molecule has 4 heteroatoms. The van der Waals surface area contributed by atoms with Gasteiger partial charge in [-0.1, -0.05) is 25.7 Å². The average molecular weight is 241 g/mol. The zero-order chi connectivity index (χ0) is 12.3. The fourth-order valence-electron chi connectivity index (χ4n) is 3.37. The molecule has 2 rings (SSSR count). The molecule has 0 aromatic heterocycles. The summed E-state index contributed by atoms with van der Waals surface area (Å²) in [6, 6.07) is 0.363. The second-order valence-corrected chi connectivity index (χ2v) is 5.37. The van der Waals surface area contributed by atoms with E-state index >= 15 is 0 Å². The lowest BCUT2D eigenvalue weighted by atomic mass is 9.78. The van der Waals surface area contributed by atoms with Gasteiger partial charge in [-0.3, -0.25) is 10.1 Å². The molecular formula is C13H23NO3. The third-order valence-corrected chi connectivity index (χ3v) is 4.32. The molecule has 0 aromatic carbocycles. The first kappa shape index (κ1) is 12.8. The Labute approximate surface area is 103 Å². The Hall–Kier alpha value is -0.610. The van der Waals surface area contributed by atoms with Crippen LogP contribution in [-0.2, 0) is 9.53 Å². The fraction of sp³-hybridized carbons (Fsp3) is 0.923. The van der Waals surface area contributed by atoms with E-state index in [4.69, 9.17) is 4.74 Å². The molecule has 2 N–H and O–H groups in total. The molecule has 2 atom stereocenters. The number of carbonyl (C=O) groups is 1. The third-order valence-electron chi connectivity index (χ3n) is 4.32. The first-order chi connectivity index (χ1) is 8.19. The van der Waals surface area contributed by atoms with Gasteiger partial charge < -0.3 is 9.84 Å². The van der Waals surface area contributed by atoms with Gasteiger partial charge in [-0.25, -0.2) is 0 Å². The molecule has 17 heavy (non-hydrogen) atoms. The lowest BCUT2D eigenvalue weighted by Crippen LogP contribution is -2.64. The van der Waals surface area contributed by atoms with E-state index in [9.17, 15) is 9.90 Å². The number of carboxylic acid groups (broad SMARTS) is 1. The van der Waals surface area contributed by atoms with Gasteiger partial charge in [-0.15, -0.1) is 0 Å². The standard InChI is InChI=1S/C13H23NO3/c1-17-11-8-4-5-9-13(11,12(15)16)14-10-6-2-3-7-10/h10-11,14H,2-9H2,1H3,(H,15,16). The van der Waals surface area contributed by atoms with Crippen molar-refractivity contribution in [2.24, 2.45) is 0 Å². The number of carboxylic acids is 1. The smallest absolute Gasteiger partial charge is 0.326 e. The van der Waals surface area contributed by atoms with Crippen LogP contribution in [0, 0.1) is 0 Å². The van der Waals surface area contributed by atoms with E-state index < -0.39 is 11.5 Å². The topological polar surface area (TPSA) is 58.6 Å². The Morgan fingerprint density at radius 3 is 2.47 bits per heavy atom. The Balaban J connectivity index is 2.13. The van der Waals surface area contributed by atoms with E-state index in [0.29, 0.717) is 12.5 Å². The minimum atomic E-state index is -0.845. The molecule has 2 aliphatic rings. The number of ether oxygens (including phenoxy) is 1. The van der Waals surface area contributed by atoms with Crippen molar-refractivity contribution >= 4 is 5.97 Å². The molecule has 0 saturated heterocycles. The predicted octanol–water partition coefficient (Wildman–Crippen LogP) is 1.93. The van der Waals surface area contributed by atoms with Crippen molar-refractivity contribution < 1.29 is 14.6 Å². The van der Waals surface area contributed by atoms with Crippen molar-refractivity contribution in [3.63, 3.8) is 0 Å². The first-order valence-corrected chi connectivity index (χ1v) is 6.73. The van der Waals surface area contributed by atoms with Crippen LogP contribution < -0.4 is 5.32 Å². The molecule has 0 aliphatic heterocycles. The molecule has 0 aromatic rings. The van der Waals surface area contributed by atoms with E-state index in [0.717, 1.165) is 32.1 Å². The summed E-state index contributed by atoms with van der Waals surface area (Å²) >= 11 is 0. The van der Waals surface area contributed by atoms with Gasteiger partial charge in [0.15, 0.2) is 0 Å². The van der Waals surface area contributed by atoms with Crippen molar-refractivity contribution in [1.29, 1.82) is 0 Å². The van der Waals surface area contributed by atoms with Crippen LogP contribution >= 0.6 is 0 Å². The van der Waals surface area contributed by atoms with Crippen molar-refractivity contribution in [3.05, 3.63) is 0 Å². The summed E-state index contributed by atoms with van der Waals surface area (Å²) < 4.78 is 5.44. The lowest BCUT2D eigenvalue weighted by Gasteiger charge is -2.42. The third kappa shape index (κ3) is 2.47. The molecular weight excluding hydrogens is 218 g/mol. The molecule has 0 amide bonds. The number of rotatable bonds is 4. The Kier molecular flexibility index (Phi) is 4.05. The normalized spacial score (nSPS) is 35.0. The zero-order valence-electron chi connectivity index (χ0n) is 10.6. The van der Waals surface area contributed by atoms with Crippen LogP contribution in [0.15, 0.2) is 0 Å². The lowest BCUT2D eigenvalue weighted by molar-refractivity contribution is -0.155. The number of methoxy groups -OCH3 is 1. The van der Waals surface area contributed by atoms with Gasteiger partial charge in [0, 0.05) is 13.2 Å². The summed E-state index contributed by atoms with van der Waals surface area (Å²) in [7, 11) is 1.63. The van der Waals surface area contributed by atoms with Gasteiger partial charge in [-0.2, -0.15) is 0 Å². The Morgan fingerprint density at radius 2 is 1.88 bits per heavy atom. The summed E-state index contributed by atoms with van der Waals surface area (Å²) in [6.07, 6.45) is 8.04. The molecule has 0 heterocycles. The van der Waals surface area contributed by atoms with Gasteiger partial charge in [0.2, 0.25) is 0 Å². The van der Waals surface area contributed by atoms with Crippen LogP contribution in [0.25, 0.3) is 0 Å². The number of nitrogens with one attached hydrogen (secondary N) is 1. The van der Waals surface area contributed by atoms with Crippen LogP contribution in [0.2, 0.25) is 0 Å². The summed E-state index contributed by atoms with van der Waals surface area (Å²) in [5, 5.41) is 13.0. The van der Waals surface area contributed by atoms with Gasteiger partial charge in [0.25, 0.3) is 0 Å². The van der Waals surface area contributed by atoms with Gasteiger partial charge in [-0.05, 0) is 25.7 Å². The van der Waals surface area contributed by atoms with Crippen LogP contribution in [0.5, 0.6) is 0 Å². The van der Waals surface area contributed by atoms with Gasteiger partial charge >= 0.3 is 5.97 Å². The predicted molar refractivity (Wildman–Crippen MR) is 65.0 cm³/mol. The molecule has 2 unspecified atom stereocenters. The van der Waals surface area contributed by atoms with E-state index in [2.05, 4.69) is 5.32 Å². The maximum Gasteiger partial charge on any atom is 0.326 e. The van der Waals surface area contributed by atoms with Gasteiger partial charge in [0.1, 0.15) is 5.54 Å². The molecule has 0 spiro atoms. The molecule has 2 aliphatic carbocycles. The summed E-state index contributed by atoms with van der Waals surface area (Å²) in [6.45, 7) is 0. The average Bonchev–Trinajstić information content (AvgIpc) is 2.82. The van der Waals surface area contributed by atoms with Crippen LogP contribution in [0.1, 0.15) is 51.4 Å². The second-order valence-electron chi connectivity index (χ2n) is 5.37. The highest BCUT2D eigenvalue weighted by atomic mass is 16.5. The number of aliphatic carboxylic acids is 1. The van der Waals surface area contributed by atoms with E-state index in [1.165, 1.54) is 12.8 Å². The molecule has 4 nitrogen and oxygen atoms in total. The minimum Gasteiger partial charge on any atom is -0.480 e.